The Labute approximate surface area is 147 Å². The molecular formula is C20H22N4O. The van der Waals surface area contributed by atoms with Crippen LogP contribution in [0.4, 0.5) is 0 Å². The van der Waals surface area contributed by atoms with E-state index in [0.717, 1.165) is 37.1 Å². The van der Waals surface area contributed by atoms with Crippen molar-refractivity contribution < 1.29 is 4.79 Å². The first-order valence-corrected chi connectivity index (χ1v) is 8.70. The normalized spacial score (nSPS) is 15.9. The first-order chi connectivity index (χ1) is 12.2. The van der Waals surface area contributed by atoms with Crippen molar-refractivity contribution in [3.05, 3.63) is 76.8 Å². The predicted octanol–water partition coefficient (Wildman–Crippen LogP) is 2.20. The largest absolute Gasteiger partial charge is 0.371 e. The molecule has 0 radical (unpaired) electrons. The van der Waals surface area contributed by atoms with Crippen LogP contribution in [0.15, 0.2) is 54.5 Å². The number of hydrogen-bond donors (Lipinski definition) is 1. The molecule has 1 N–H and O–H groups in total. The Hall–Kier alpha value is -2.82. The average Bonchev–Trinajstić information content (AvgIpc) is 2.87. The van der Waals surface area contributed by atoms with Crippen LogP contribution in [0.25, 0.3) is 0 Å². The second-order valence-corrected chi connectivity index (χ2v) is 6.63. The Morgan fingerprint density at radius 3 is 2.72 bits per heavy atom. The maximum absolute atomic E-state index is 12.5. The van der Waals surface area contributed by atoms with Gasteiger partial charge in [-0.15, -0.1) is 0 Å². The molecule has 5 nitrogen and oxygen atoms in total. The maximum atomic E-state index is 12.5. The van der Waals surface area contributed by atoms with Crippen LogP contribution in [-0.2, 0) is 26.4 Å². The number of nitrogens with one attached hydrogen (secondary N) is 1. The molecule has 0 bridgehead atoms. The van der Waals surface area contributed by atoms with E-state index in [2.05, 4.69) is 45.7 Å². The summed E-state index contributed by atoms with van der Waals surface area (Å²) in [7, 11) is 1.87. The summed E-state index contributed by atoms with van der Waals surface area (Å²) in [5.74, 6) is -0.0302. The zero-order chi connectivity index (χ0) is 17.2. The first-order valence-electron chi connectivity index (χ1n) is 8.70. The number of hydrogen-bond acceptors (Lipinski definition) is 3. The number of benzene rings is 1. The van der Waals surface area contributed by atoms with Crippen molar-refractivity contribution in [3.63, 3.8) is 0 Å². The lowest BCUT2D eigenvalue weighted by Gasteiger charge is -2.26. The standard InChI is InChI=1S/C20H22N4O/c1-23-14-15(13-22-23)12-21-20(25)18-6-5-16-7-9-24(19-3-2-4-19)10-8-17(16)11-18/h2-6,11,13-14H,7-10,12H2,1H3,(H,21,25). The molecule has 2 aromatic rings. The fourth-order valence-electron chi connectivity index (χ4n) is 3.37. The van der Waals surface area contributed by atoms with Gasteiger partial charge in [-0.25, -0.2) is 0 Å². The molecule has 0 fully saturated rings. The lowest BCUT2D eigenvalue weighted by molar-refractivity contribution is 0.0951. The molecule has 0 saturated carbocycles. The van der Waals surface area contributed by atoms with Crippen LogP contribution in [-0.4, -0.2) is 33.7 Å². The number of carbonyl (C=O) groups excluding carboxylic acids is 1. The number of fused-ring (bicyclic) bond motifs is 1. The Kier molecular flexibility index (Phi) is 4.14. The Morgan fingerprint density at radius 1 is 1.24 bits per heavy atom. The van der Waals surface area contributed by atoms with Gasteiger partial charge in [-0.3, -0.25) is 9.48 Å². The first kappa shape index (κ1) is 15.7. The van der Waals surface area contributed by atoms with Gasteiger partial charge in [-0.1, -0.05) is 12.1 Å². The quantitative estimate of drug-likeness (QED) is 0.933. The summed E-state index contributed by atoms with van der Waals surface area (Å²) < 4.78 is 1.74. The second kappa shape index (κ2) is 6.59. The zero-order valence-electron chi connectivity index (χ0n) is 14.4. The van der Waals surface area contributed by atoms with Crippen molar-refractivity contribution >= 4 is 5.91 Å². The number of amides is 1. The number of aromatic nitrogens is 2. The monoisotopic (exact) mass is 334 g/mol. The Morgan fingerprint density at radius 2 is 2.04 bits per heavy atom. The van der Waals surface area contributed by atoms with Gasteiger partial charge in [0.25, 0.3) is 5.91 Å². The fourth-order valence-corrected chi connectivity index (χ4v) is 3.37. The molecule has 0 saturated heterocycles. The fraction of sp³-hybridized carbons (Fsp3) is 0.300. The molecule has 1 amide bonds. The third-order valence-corrected chi connectivity index (χ3v) is 4.88. The van der Waals surface area contributed by atoms with Crippen LogP contribution in [0.1, 0.15) is 27.0 Å². The van der Waals surface area contributed by atoms with E-state index < -0.39 is 0 Å². The summed E-state index contributed by atoms with van der Waals surface area (Å²) in [6, 6.07) is 6.11. The molecule has 128 valence electrons. The average molecular weight is 334 g/mol. The highest BCUT2D eigenvalue weighted by atomic mass is 16.1. The smallest absolute Gasteiger partial charge is 0.251 e. The third kappa shape index (κ3) is 3.36. The minimum Gasteiger partial charge on any atom is -0.371 e. The van der Waals surface area contributed by atoms with E-state index in [1.807, 2.05) is 19.3 Å². The molecule has 1 aromatic carbocycles. The summed E-state index contributed by atoms with van der Waals surface area (Å²) in [5.41, 5.74) is 5.71. The van der Waals surface area contributed by atoms with Crippen LogP contribution in [0.2, 0.25) is 0 Å². The third-order valence-electron chi connectivity index (χ3n) is 4.88. The number of allylic oxidation sites excluding steroid dienone is 3. The SMILES string of the molecule is Cn1cc(CNC(=O)c2ccc3c(c2)CCN(C2=CC=C2)CC3)cn1. The van der Waals surface area contributed by atoms with Crippen molar-refractivity contribution in [1.82, 2.24) is 20.0 Å². The molecule has 1 aromatic heterocycles. The van der Waals surface area contributed by atoms with E-state index >= 15 is 0 Å². The van der Waals surface area contributed by atoms with E-state index in [1.54, 1.807) is 10.9 Å². The van der Waals surface area contributed by atoms with Crippen molar-refractivity contribution in [2.45, 2.75) is 19.4 Å². The van der Waals surface area contributed by atoms with Gasteiger partial charge in [0.1, 0.15) is 0 Å². The van der Waals surface area contributed by atoms with Gasteiger partial charge in [0.05, 0.1) is 6.20 Å². The summed E-state index contributed by atoms with van der Waals surface area (Å²) in [6.45, 7) is 2.54. The van der Waals surface area contributed by atoms with Gasteiger partial charge in [-0.05, 0) is 48.3 Å². The van der Waals surface area contributed by atoms with Crippen molar-refractivity contribution in [2.24, 2.45) is 7.05 Å². The highest BCUT2D eigenvalue weighted by Crippen LogP contribution is 2.22. The molecular weight excluding hydrogens is 312 g/mol. The highest BCUT2D eigenvalue weighted by molar-refractivity contribution is 5.94. The molecule has 0 spiro atoms. The summed E-state index contributed by atoms with van der Waals surface area (Å²) in [4.78, 5) is 14.9. The molecule has 2 aliphatic rings. The van der Waals surface area contributed by atoms with Crippen LogP contribution in [0, 0.1) is 0 Å². The van der Waals surface area contributed by atoms with E-state index in [0.29, 0.717) is 6.54 Å². The summed E-state index contributed by atoms with van der Waals surface area (Å²) in [5, 5.41) is 7.10. The van der Waals surface area contributed by atoms with Crippen molar-refractivity contribution in [1.29, 1.82) is 0 Å². The van der Waals surface area contributed by atoms with Gasteiger partial charge in [0, 0.05) is 49.7 Å². The summed E-state index contributed by atoms with van der Waals surface area (Å²) >= 11 is 0. The molecule has 1 aliphatic carbocycles. The lowest BCUT2D eigenvalue weighted by Crippen LogP contribution is -2.26. The second-order valence-electron chi connectivity index (χ2n) is 6.63. The number of aryl methyl sites for hydroxylation is 1. The van der Waals surface area contributed by atoms with Gasteiger partial charge < -0.3 is 10.2 Å². The molecule has 25 heavy (non-hydrogen) atoms. The van der Waals surface area contributed by atoms with Gasteiger partial charge in [0.15, 0.2) is 0 Å². The number of nitrogens with zero attached hydrogens (tertiary/aromatic N) is 3. The van der Waals surface area contributed by atoms with E-state index in [9.17, 15) is 4.79 Å². The van der Waals surface area contributed by atoms with Gasteiger partial charge >= 0.3 is 0 Å². The van der Waals surface area contributed by atoms with E-state index in [-0.39, 0.29) is 5.91 Å². The molecule has 5 heteroatoms. The topological polar surface area (TPSA) is 50.2 Å². The van der Waals surface area contributed by atoms with Crippen LogP contribution >= 0.6 is 0 Å². The number of rotatable bonds is 4. The van der Waals surface area contributed by atoms with Crippen LogP contribution < -0.4 is 5.32 Å². The molecule has 2 heterocycles. The predicted molar refractivity (Wildman–Crippen MR) is 97.0 cm³/mol. The molecule has 4 rings (SSSR count). The zero-order valence-corrected chi connectivity index (χ0v) is 14.4. The lowest BCUT2D eigenvalue weighted by atomic mass is 10.00. The van der Waals surface area contributed by atoms with Gasteiger partial charge in [-0.2, -0.15) is 5.10 Å². The van der Waals surface area contributed by atoms with E-state index in [1.165, 1.54) is 16.8 Å². The minimum atomic E-state index is -0.0302. The number of carbonyl (C=O) groups is 1. The van der Waals surface area contributed by atoms with E-state index in [4.69, 9.17) is 0 Å². The van der Waals surface area contributed by atoms with Gasteiger partial charge in [0.2, 0.25) is 0 Å². The maximum Gasteiger partial charge on any atom is 0.251 e. The van der Waals surface area contributed by atoms with Crippen LogP contribution in [0.3, 0.4) is 0 Å². The summed E-state index contributed by atoms with van der Waals surface area (Å²) in [6.07, 6.45) is 12.1. The Balaban J connectivity index is 1.42. The minimum absolute atomic E-state index is 0.0302. The highest BCUT2D eigenvalue weighted by Gasteiger charge is 2.17. The molecule has 0 atom stereocenters. The van der Waals surface area contributed by atoms with Crippen molar-refractivity contribution in [3.8, 4) is 0 Å². The molecule has 0 unspecified atom stereocenters. The van der Waals surface area contributed by atoms with Crippen LogP contribution in [0.5, 0.6) is 0 Å². The molecule has 1 aliphatic heterocycles. The Bertz CT molecular complexity index is 862. The van der Waals surface area contributed by atoms with Crippen molar-refractivity contribution in [2.75, 3.05) is 13.1 Å².